The Morgan fingerprint density at radius 1 is 1.43 bits per heavy atom. The lowest BCUT2D eigenvalue weighted by molar-refractivity contribution is -0.129. The fourth-order valence-electron chi connectivity index (χ4n) is 2.68. The molecular weight excluding hydrogens is 284 g/mol. The van der Waals surface area contributed by atoms with E-state index in [2.05, 4.69) is 15.3 Å². The summed E-state index contributed by atoms with van der Waals surface area (Å²) in [5, 5.41) is 6.07. The third kappa shape index (κ3) is 3.05. The van der Waals surface area contributed by atoms with Crippen LogP contribution in [0.2, 0.25) is 0 Å². The topological polar surface area (TPSA) is 58.1 Å². The van der Waals surface area contributed by atoms with Gasteiger partial charge in [-0.15, -0.1) is 11.3 Å². The molecule has 1 amide bonds. The molecule has 3 heterocycles. The molecule has 2 aromatic rings. The van der Waals surface area contributed by atoms with E-state index in [-0.39, 0.29) is 11.9 Å². The van der Waals surface area contributed by atoms with Crippen molar-refractivity contribution in [1.29, 1.82) is 0 Å². The molecule has 0 unspecified atom stereocenters. The SMILES string of the molecule is CC(=O)N1CCC[C@H]1c1cccc(Nc2nc(C)cs2)n1. The summed E-state index contributed by atoms with van der Waals surface area (Å²) in [6.45, 7) is 4.42. The van der Waals surface area contributed by atoms with E-state index in [0.717, 1.165) is 41.7 Å². The van der Waals surface area contributed by atoms with Gasteiger partial charge in [0.05, 0.1) is 17.4 Å². The number of hydrogen-bond acceptors (Lipinski definition) is 5. The summed E-state index contributed by atoms with van der Waals surface area (Å²) in [6.07, 6.45) is 2.02. The fourth-order valence-corrected chi connectivity index (χ4v) is 3.37. The van der Waals surface area contributed by atoms with Crippen molar-refractivity contribution in [2.75, 3.05) is 11.9 Å². The third-order valence-electron chi connectivity index (χ3n) is 3.62. The zero-order valence-electron chi connectivity index (χ0n) is 12.2. The summed E-state index contributed by atoms with van der Waals surface area (Å²) in [7, 11) is 0. The van der Waals surface area contributed by atoms with Crippen molar-refractivity contribution in [2.24, 2.45) is 0 Å². The number of pyridine rings is 1. The van der Waals surface area contributed by atoms with Crippen LogP contribution in [0.25, 0.3) is 0 Å². The van der Waals surface area contributed by atoms with Gasteiger partial charge in [0.25, 0.3) is 0 Å². The van der Waals surface area contributed by atoms with Crippen molar-refractivity contribution < 1.29 is 4.79 Å². The first-order valence-corrected chi connectivity index (χ1v) is 7.95. The van der Waals surface area contributed by atoms with Crippen LogP contribution < -0.4 is 5.32 Å². The van der Waals surface area contributed by atoms with Gasteiger partial charge in [0.15, 0.2) is 5.13 Å². The molecule has 5 nitrogen and oxygen atoms in total. The molecule has 0 aromatic carbocycles. The molecule has 110 valence electrons. The predicted octanol–water partition coefficient (Wildman–Crippen LogP) is 3.27. The summed E-state index contributed by atoms with van der Waals surface area (Å²) in [4.78, 5) is 22.6. The Morgan fingerprint density at radius 3 is 3.00 bits per heavy atom. The van der Waals surface area contributed by atoms with E-state index in [9.17, 15) is 4.79 Å². The molecule has 3 rings (SSSR count). The van der Waals surface area contributed by atoms with Crippen LogP contribution in [0.15, 0.2) is 23.6 Å². The zero-order chi connectivity index (χ0) is 14.8. The quantitative estimate of drug-likeness (QED) is 0.945. The molecular formula is C15H18N4OS. The monoisotopic (exact) mass is 302 g/mol. The highest BCUT2D eigenvalue weighted by Crippen LogP contribution is 2.31. The van der Waals surface area contributed by atoms with E-state index in [1.165, 1.54) is 0 Å². The number of aryl methyl sites for hydroxylation is 1. The van der Waals surface area contributed by atoms with Crippen LogP contribution in [-0.2, 0) is 4.79 Å². The number of nitrogens with zero attached hydrogens (tertiary/aromatic N) is 3. The van der Waals surface area contributed by atoms with Crippen LogP contribution in [0.4, 0.5) is 10.9 Å². The number of amides is 1. The lowest BCUT2D eigenvalue weighted by Crippen LogP contribution is -2.28. The smallest absolute Gasteiger partial charge is 0.220 e. The van der Waals surface area contributed by atoms with Crippen molar-refractivity contribution in [3.8, 4) is 0 Å². The summed E-state index contributed by atoms with van der Waals surface area (Å²) in [5.74, 6) is 0.894. The molecule has 1 fully saturated rings. The molecule has 1 aliphatic rings. The second-order valence-electron chi connectivity index (χ2n) is 5.24. The Labute approximate surface area is 128 Å². The maximum Gasteiger partial charge on any atom is 0.220 e. The summed E-state index contributed by atoms with van der Waals surface area (Å²) in [6, 6.07) is 5.99. The average molecular weight is 302 g/mol. The molecule has 6 heteroatoms. The number of aromatic nitrogens is 2. The summed E-state index contributed by atoms with van der Waals surface area (Å²) >= 11 is 1.56. The molecule has 0 bridgehead atoms. The second kappa shape index (κ2) is 5.81. The van der Waals surface area contributed by atoms with E-state index in [0.29, 0.717) is 0 Å². The van der Waals surface area contributed by atoms with Crippen LogP contribution in [0, 0.1) is 6.92 Å². The zero-order valence-corrected chi connectivity index (χ0v) is 13.0. The fraction of sp³-hybridized carbons (Fsp3) is 0.400. The number of rotatable bonds is 3. The van der Waals surface area contributed by atoms with Crippen LogP contribution in [0.5, 0.6) is 0 Å². The molecule has 0 spiro atoms. The van der Waals surface area contributed by atoms with Crippen molar-refractivity contribution in [3.63, 3.8) is 0 Å². The molecule has 1 atom stereocenters. The first-order valence-electron chi connectivity index (χ1n) is 7.07. The van der Waals surface area contributed by atoms with Gasteiger partial charge < -0.3 is 10.2 Å². The summed E-state index contributed by atoms with van der Waals surface area (Å²) in [5.41, 5.74) is 1.94. The lowest BCUT2D eigenvalue weighted by Gasteiger charge is -2.23. The number of thiazole rings is 1. The summed E-state index contributed by atoms with van der Waals surface area (Å²) < 4.78 is 0. The van der Waals surface area contributed by atoms with Gasteiger partial charge in [-0.2, -0.15) is 0 Å². The van der Waals surface area contributed by atoms with Gasteiger partial charge in [0.1, 0.15) is 5.82 Å². The lowest BCUT2D eigenvalue weighted by atomic mass is 10.1. The van der Waals surface area contributed by atoms with Gasteiger partial charge in [0.2, 0.25) is 5.91 Å². The van der Waals surface area contributed by atoms with Crippen molar-refractivity contribution >= 4 is 28.2 Å². The first kappa shape index (κ1) is 14.0. The number of carbonyl (C=O) groups excluding carboxylic acids is 1. The van der Waals surface area contributed by atoms with E-state index in [1.807, 2.05) is 35.4 Å². The van der Waals surface area contributed by atoms with Gasteiger partial charge in [0, 0.05) is 18.8 Å². The maximum atomic E-state index is 11.7. The number of nitrogens with one attached hydrogen (secondary N) is 1. The molecule has 1 saturated heterocycles. The van der Waals surface area contributed by atoms with Crippen LogP contribution in [0.1, 0.15) is 37.2 Å². The predicted molar refractivity (Wildman–Crippen MR) is 83.7 cm³/mol. The maximum absolute atomic E-state index is 11.7. The first-order chi connectivity index (χ1) is 10.1. The second-order valence-corrected chi connectivity index (χ2v) is 6.10. The van der Waals surface area contributed by atoms with Crippen molar-refractivity contribution in [2.45, 2.75) is 32.7 Å². The average Bonchev–Trinajstić information content (AvgIpc) is 3.08. The minimum atomic E-state index is 0.0993. The Kier molecular flexibility index (Phi) is 3.88. The highest BCUT2D eigenvalue weighted by molar-refractivity contribution is 7.13. The highest BCUT2D eigenvalue weighted by Gasteiger charge is 2.28. The van der Waals surface area contributed by atoms with Crippen LogP contribution in [-0.4, -0.2) is 27.3 Å². The Morgan fingerprint density at radius 2 is 2.29 bits per heavy atom. The largest absolute Gasteiger partial charge is 0.334 e. The number of hydrogen-bond donors (Lipinski definition) is 1. The van der Waals surface area contributed by atoms with Crippen LogP contribution >= 0.6 is 11.3 Å². The standard InChI is InChI=1S/C15H18N4OS/c1-10-9-21-15(16-10)18-14-7-3-5-12(17-14)13-6-4-8-19(13)11(2)20/h3,5,7,9,13H,4,6,8H2,1-2H3,(H,16,17,18)/t13-/m0/s1. The van der Waals surface area contributed by atoms with Gasteiger partial charge in [-0.05, 0) is 31.9 Å². The van der Waals surface area contributed by atoms with E-state index >= 15 is 0 Å². The molecule has 0 radical (unpaired) electrons. The van der Waals surface area contributed by atoms with Crippen molar-refractivity contribution in [3.05, 3.63) is 35.0 Å². The minimum absolute atomic E-state index is 0.0993. The van der Waals surface area contributed by atoms with E-state index < -0.39 is 0 Å². The molecule has 1 aliphatic heterocycles. The molecule has 1 N–H and O–H groups in total. The normalized spacial score (nSPS) is 18.0. The number of anilines is 2. The Bertz CT molecular complexity index is 655. The van der Waals surface area contributed by atoms with E-state index in [4.69, 9.17) is 0 Å². The Hall–Kier alpha value is -1.95. The molecule has 21 heavy (non-hydrogen) atoms. The van der Waals surface area contributed by atoms with Gasteiger partial charge in [-0.25, -0.2) is 9.97 Å². The Balaban J connectivity index is 1.81. The van der Waals surface area contributed by atoms with Gasteiger partial charge >= 0.3 is 0 Å². The van der Waals surface area contributed by atoms with E-state index in [1.54, 1.807) is 18.3 Å². The highest BCUT2D eigenvalue weighted by atomic mass is 32.1. The van der Waals surface area contributed by atoms with Gasteiger partial charge in [-0.1, -0.05) is 6.07 Å². The number of carbonyl (C=O) groups is 1. The molecule has 0 aliphatic carbocycles. The molecule has 0 saturated carbocycles. The third-order valence-corrected chi connectivity index (χ3v) is 4.50. The number of likely N-dealkylation sites (tertiary alicyclic amines) is 1. The molecule has 2 aromatic heterocycles. The minimum Gasteiger partial charge on any atom is -0.334 e. The van der Waals surface area contributed by atoms with Gasteiger partial charge in [-0.3, -0.25) is 4.79 Å². The van der Waals surface area contributed by atoms with Crippen LogP contribution in [0.3, 0.4) is 0 Å². The van der Waals surface area contributed by atoms with Crippen molar-refractivity contribution in [1.82, 2.24) is 14.9 Å².